The van der Waals surface area contributed by atoms with Gasteiger partial charge in [-0.25, -0.2) is 14.8 Å². The predicted molar refractivity (Wildman–Crippen MR) is 111 cm³/mol. The van der Waals surface area contributed by atoms with Crippen LogP contribution in [-0.2, 0) is 0 Å². The predicted octanol–water partition coefficient (Wildman–Crippen LogP) is 4.02. The Kier molecular flexibility index (Phi) is 5.42. The number of hydrogen-bond donors (Lipinski definition) is 2. The zero-order valence-corrected chi connectivity index (χ0v) is 16.5. The summed E-state index contributed by atoms with van der Waals surface area (Å²) in [6, 6.07) is 3.96. The third-order valence-corrected chi connectivity index (χ3v) is 5.80. The number of piperidine rings is 1. The van der Waals surface area contributed by atoms with Gasteiger partial charge in [0.1, 0.15) is 5.82 Å². The van der Waals surface area contributed by atoms with Crippen molar-refractivity contribution < 1.29 is 4.79 Å². The van der Waals surface area contributed by atoms with E-state index in [-0.39, 0.29) is 6.03 Å². The lowest BCUT2D eigenvalue weighted by molar-refractivity contribution is 0.256. The smallest absolute Gasteiger partial charge is 0.329 e. The number of anilines is 4. The summed E-state index contributed by atoms with van der Waals surface area (Å²) < 4.78 is 0. The molecule has 0 bridgehead atoms. The molecule has 1 fully saturated rings. The fraction of sp³-hybridized carbons (Fsp3) is 0.526. The van der Waals surface area contributed by atoms with Crippen LogP contribution in [0.3, 0.4) is 0 Å². The zero-order valence-electron chi connectivity index (χ0n) is 15.6. The van der Waals surface area contributed by atoms with Crippen molar-refractivity contribution in [3.8, 4) is 0 Å². The molecule has 4 rings (SSSR count). The van der Waals surface area contributed by atoms with E-state index in [1.807, 2.05) is 5.38 Å². The van der Waals surface area contributed by atoms with Gasteiger partial charge < -0.3 is 10.2 Å². The molecule has 144 valence electrons. The molecule has 1 unspecified atom stereocenters. The number of rotatable bonds is 2. The highest BCUT2D eigenvalue weighted by Crippen LogP contribution is 2.31. The summed E-state index contributed by atoms with van der Waals surface area (Å²) in [5.74, 6) is 2.33. The van der Waals surface area contributed by atoms with Crippen molar-refractivity contribution in [1.82, 2.24) is 9.97 Å². The molecule has 0 radical (unpaired) electrons. The van der Waals surface area contributed by atoms with Gasteiger partial charge in [0.05, 0.1) is 5.69 Å². The van der Waals surface area contributed by atoms with E-state index in [1.54, 1.807) is 11.1 Å². The maximum absolute atomic E-state index is 12.9. The Morgan fingerprint density at radius 3 is 3.04 bits per heavy atom. The molecule has 2 amide bonds. The Labute approximate surface area is 163 Å². The van der Waals surface area contributed by atoms with E-state index in [4.69, 9.17) is 4.98 Å². The number of hydrogen-bond acceptors (Lipinski definition) is 6. The number of urea groups is 1. The molecule has 2 aliphatic heterocycles. The van der Waals surface area contributed by atoms with E-state index < -0.39 is 0 Å². The quantitative estimate of drug-likeness (QED) is 0.815. The highest BCUT2D eigenvalue weighted by atomic mass is 32.1. The molecule has 2 aromatic heterocycles. The number of aromatic nitrogens is 2. The van der Waals surface area contributed by atoms with Crippen LogP contribution < -0.4 is 20.4 Å². The van der Waals surface area contributed by atoms with Crippen molar-refractivity contribution in [3.05, 3.63) is 23.7 Å². The minimum atomic E-state index is -0.174. The van der Waals surface area contributed by atoms with E-state index >= 15 is 0 Å². The van der Waals surface area contributed by atoms with Crippen LogP contribution in [-0.4, -0.2) is 42.2 Å². The molecule has 0 saturated carbocycles. The van der Waals surface area contributed by atoms with Crippen molar-refractivity contribution in [2.45, 2.75) is 32.6 Å². The van der Waals surface area contributed by atoms with Gasteiger partial charge in [0, 0.05) is 37.8 Å². The fourth-order valence-electron chi connectivity index (χ4n) is 3.72. The van der Waals surface area contributed by atoms with Gasteiger partial charge in [-0.3, -0.25) is 10.2 Å². The number of fused-ring (bicyclic) bond motifs is 1. The van der Waals surface area contributed by atoms with Gasteiger partial charge in [-0.1, -0.05) is 6.92 Å². The number of nitrogens with one attached hydrogen (secondary N) is 2. The van der Waals surface area contributed by atoms with Crippen LogP contribution in [0.5, 0.6) is 0 Å². The largest absolute Gasteiger partial charge is 0.382 e. The summed E-state index contributed by atoms with van der Waals surface area (Å²) >= 11 is 1.42. The molecule has 2 aliphatic rings. The molecule has 7 nitrogen and oxygen atoms in total. The zero-order chi connectivity index (χ0) is 18.6. The maximum Gasteiger partial charge on any atom is 0.329 e. The lowest BCUT2D eigenvalue weighted by atomic mass is 10.0. The number of pyridine rings is 1. The SMILES string of the molecule is CC1CCCN(c2ccc3c(n2)N(C(=O)Nc2nccs2)CCCCN3)C1. The first-order chi connectivity index (χ1) is 13.2. The van der Waals surface area contributed by atoms with Crippen LogP contribution in [0.2, 0.25) is 0 Å². The first kappa shape index (κ1) is 18.0. The molecular formula is C19H26N6OS. The molecule has 2 N–H and O–H groups in total. The van der Waals surface area contributed by atoms with Crippen LogP contribution in [0.25, 0.3) is 0 Å². The highest BCUT2D eigenvalue weighted by molar-refractivity contribution is 7.13. The molecule has 1 saturated heterocycles. The van der Waals surface area contributed by atoms with Crippen molar-refractivity contribution in [2.75, 3.05) is 46.6 Å². The minimum Gasteiger partial charge on any atom is -0.382 e. The number of thiazole rings is 1. The second-order valence-electron chi connectivity index (χ2n) is 7.29. The van der Waals surface area contributed by atoms with Crippen molar-refractivity contribution in [1.29, 1.82) is 0 Å². The second-order valence-corrected chi connectivity index (χ2v) is 8.18. The van der Waals surface area contributed by atoms with Gasteiger partial charge in [0.15, 0.2) is 10.9 Å². The molecule has 0 aromatic carbocycles. The van der Waals surface area contributed by atoms with Crippen molar-refractivity contribution in [2.24, 2.45) is 5.92 Å². The van der Waals surface area contributed by atoms with Crippen LogP contribution in [0.4, 0.5) is 27.2 Å². The van der Waals surface area contributed by atoms with Crippen molar-refractivity contribution >= 4 is 39.8 Å². The topological polar surface area (TPSA) is 73.4 Å². The van der Waals surface area contributed by atoms with E-state index in [0.29, 0.717) is 23.4 Å². The summed E-state index contributed by atoms with van der Waals surface area (Å²) in [4.78, 5) is 26.1. The Morgan fingerprint density at radius 2 is 2.22 bits per heavy atom. The first-order valence-corrected chi connectivity index (χ1v) is 10.6. The van der Waals surface area contributed by atoms with Crippen LogP contribution in [0.15, 0.2) is 23.7 Å². The van der Waals surface area contributed by atoms with Crippen LogP contribution in [0, 0.1) is 5.92 Å². The highest BCUT2D eigenvalue weighted by Gasteiger charge is 2.25. The van der Waals surface area contributed by atoms with Gasteiger partial charge in [-0.05, 0) is 43.7 Å². The molecular weight excluding hydrogens is 360 g/mol. The number of amides is 2. The number of nitrogens with zero attached hydrogens (tertiary/aromatic N) is 4. The second kappa shape index (κ2) is 8.12. The van der Waals surface area contributed by atoms with E-state index in [1.165, 1.54) is 24.2 Å². The van der Waals surface area contributed by atoms with Crippen LogP contribution in [0.1, 0.15) is 32.6 Å². The van der Waals surface area contributed by atoms with Gasteiger partial charge >= 0.3 is 6.03 Å². The van der Waals surface area contributed by atoms with E-state index in [2.05, 4.69) is 39.6 Å². The average molecular weight is 387 g/mol. The maximum atomic E-state index is 12.9. The van der Waals surface area contributed by atoms with Gasteiger partial charge in [0.2, 0.25) is 0 Å². The monoisotopic (exact) mass is 386 g/mol. The molecule has 0 aliphatic carbocycles. The number of carbonyl (C=O) groups excluding carboxylic acids is 1. The Balaban J connectivity index is 1.63. The number of carbonyl (C=O) groups is 1. The summed E-state index contributed by atoms with van der Waals surface area (Å²) in [6.07, 6.45) is 6.10. The van der Waals surface area contributed by atoms with Crippen molar-refractivity contribution in [3.63, 3.8) is 0 Å². The summed E-state index contributed by atoms with van der Waals surface area (Å²) in [5.41, 5.74) is 0.915. The summed E-state index contributed by atoms with van der Waals surface area (Å²) in [5, 5.41) is 8.79. The lowest BCUT2D eigenvalue weighted by Gasteiger charge is -2.33. The summed E-state index contributed by atoms with van der Waals surface area (Å²) in [6.45, 7) is 5.88. The summed E-state index contributed by atoms with van der Waals surface area (Å²) in [7, 11) is 0. The minimum absolute atomic E-state index is 0.174. The molecule has 4 heterocycles. The van der Waals surface area contributed by atoms with Gasteiger partial charge in [-0.15, -0.1) is 11.3 Å². The molecule has 0 spiro atoms. The van der Waals surface area contributed by atoms with Gasteiger partial charge in [-0.2, -0.15) is 0 Å². The first-order valence-electron chi connectivity index (χ1n) is 9.68. The van der Waals surface area contributed by atoms with Crippen LogP contribution >= 0.6 is 11.3 Å². The molecule has 1 atom stereocenters. The molecule has 27 heavy (non-hydrogen) atoms. The average Bonchev–Trinajstić information content (AvgIpc) is 3.15. The normalized spacial score (nSPS) is 20.3. The lowest BCUT2D eigenvalue weighted by Crippen LogP contribution is -2.39. The van der Waals surface area contributed by atoms with Gasteiger partial charge in [0.25, 0.3) is 0 Å². The Bertz CT molecular complexity index is 781. The Morgan fingerprint density at radius 1 is 1.30 bits per heavy atom. The van der Waals surface area contributed by atoms with E-state index in [9.17, 15) is 4.79 Å². The molecule has 2 aromatic rings. The molecule has 8 heteroatoms. The Hall–Kier alpha value is -2.35. The fourth-order valence-corrected chi connectivity index (χ4v) is 4.24. The van der Waals surface area contributed by atoms with E-state index in [0.717, 1.165) is 44.0 Å². The standard InChI is InChI=1S/C19H26N6OS/c1-14-5-4-10-24(13-14)16-7-6-15-17(22-16)25(11-3-2-8-20-15)19(26)23-18-21-9-12-27-18/h6-7,9,12,14,20H,2-5,8,10-11,13H2,1H3,(H,21,23,26). The third kappa shape index (κ3) is 4.16. The third-order valence-electron chi connectivity index (χ3n) is 5.11.